The first-order chi connectivity index (χ1) is 17.5. The van der Waals surface area contributed by atoms with Gasteiger partial charge in [-0.2, -0.15) is 5.10 Å². The molecule has 4 aromatic rings. The van der Waals surface area contributed by atoms with Gasteiger partial charge in [0.1, 0.15) is 12.9 Å². The summed E-state index contributed by atoms with van der Waals surface area (Å²) in [6.07, 6.45) is 4.99. The van der Waals surface area contributed by atoms with Gasteiger partial charge in [-0.1, -0.05) is 6.58 Å². The first-order valence-electron chi connectivity index (χ1n) is 10.9. The molecule has 0 aliphatic carbocycles. The second-order valence-corrected chi connectivity index (χ2v) is 7.50. The molecule has 4 heterocycles. The highest BCUT2D eigenvalue weighted by Crippen LogP contribution is 2.22. The number of hydrogen-bond acceptors (Lipinski definition) is 9. The van der Waals surface area contributed by atoms with Crippen molar-refractivity contribution in [3.63, 3.8) is 0 Å². The summed E-state index contributed by atoms with van der Waals surface area (Å²) in [4.78, 5) is 12.8. The molecule has 0 unspecified atom stereocenters. The minimum atomic E-state index is -2.59. The lowest BCUT2D eigenvalue weighted by Gasteiger charge is -2.12. The van der Waals surface area contributed by atoms with Gasteiger partial charge in [-0.15, -0.1) is 5.10 Å². The molecule has 0 fully saturated rings. The zero-order valence-corrected chi connectivity index (χ0v) is 19.6. The molecule has 0 aliphatic heterocycles. The Morgan fingerprint density at radius 3 is 2.72 bits per heavy atom. The number of hydrogen-bond donors (Lipinski definition) is 0. The average Bonchev–Trinajstić information content (AvgIpc) is 3.56. The maximum absolute atomic E-state index is 12.8. The third-order valence-electron chi connectivity index (χ3n) is 5.14. The van der Waals surface area contributed by atoms with Crippen LogP contribution in [0.15, 0.2) is 60.9 Å². The lowest BCUT2D eigenvalue weighted by Crippen LogP contribution is -2.13. The summed E-state index contributed by atoms with van der Waals surface area (Å²) in [7, 11) is 1.50. The summed E-state index contributed by atoms with van der Waals surface area (Å²) in [5.41, 5.74) is 3.09. The largest absolute Gasteiger partial charge is 0.480 e. The summed E-state index contributed by atoms with van der Waals surface area (Å²) >= 11 is 0. The molecule has 0 spiro atoms. The fraction of sp³-hybridized carbons (Fsp3) is 0.261. The van der Waals surface area contributed by atoms with E-state index in [9.17, 15) is 8.78 Å². The van der Waals surface area contributed by atoms with E-state index in [1.165, 1.54) is 25.6 Å². The average molecular weight is 495 g/mol. The number of aliphatic imine (C=N–C) groups is 1. The molecule has 13 heteroatoms. The van der Waals surface area contributed by atoms with Crippen LogP contribution in [0.25, 0.3) is 5.70 Å². The Bertz CT molecular complexity index is 1340. The van der Waals surface area contributed by atoms with Gasteiger partial charge in [0.25, 0.3) is 6.43 Å². The zero-order chi connectivity index (χ0) is 25.5. The van der Waals surface area contributed by atoms with Crippen molar-refractivity contribution in [3.8, 4) is 5.88 Å². The molecule has 0 radical (unpaired) electrons. The molecule has 0 atom stereocenters. The molecular weight excluding hydrogens is 472 g/mol. The Kier molecular flexibility index (Phi) is 7.68. The quantitative estimate of drug-likeness (QED) is 0.243. The van der Waals surface area contributed by atoms with Gasteiger partial charge in [0.05, 0.1) is 36.8 Å². The Balaban J connectivity index is 1.54. The van der Waals surface area contributed by atoms with E-state index in [1.807, 2.05) is 13.0 Å². The molecule has 186 valence electrons. The molecule has 0 saturated heterocycles. The molecular formula is C23H23F2N9O2. The highest BCUT2D eigenvalue weighted by molar-refractivity contribution is 5.98. The molecule has 0 bridgehead atoms. The minimum Gasteiger partial charge on any atom is -0.480 e. The van der Waals surface area contributed by atoms with Crippen molar-refractivity contribution in [2.45, 2.75) is 33.0 Å². The molecule has 11 nitrogen and oxygen atoms in total. The molecule has 0 amide bonds. The first kappa shape index (κ1) is 24.6. The summed E-state index contributed by atoms with van der Waals surface area (Å²) < 4.78 is 40.2. The van der Waals surface area contributed by atoms with Crippen LogP contribution in [0, 0.1) is 0 Å². The van der Waals surface area contributed by atoms with Crippen molar-refractivity contribution < 1.29 is 18.3 Å². The molecule has 0 N–H and O–H groups in total. The van der Waals surface area contributed by atoms with E-state index in [0.29, 0.717) is 35.6 Å². The van der Waals surface area contributed by atoms with Crippen LogP contribution in [0.5, 0.6) is 5.88 Å². The lowest BCUT2D eigenvalue weighted by atomic mass is 10.1. The monoisotopic (exact) mass is 495 g/mol. The van der Waals surface area contributed by atoms with Gasteiger partial charge < -0.3 is 9.47 Å². The van der Waals surface area contributed by atoms with Gasteiger partial charge in [0.2, 0.25) is 11.8 Å². The van der Waals surface area contributed by atoms with Crippen molar-refractivity contribution in [3.05, 3.63) is 83.8 Å². The van der Waals surface area contributed by atoms with E-state index in [4.69, 9.17) is 9.47 Å². The molecule has 0 aliphatic rings. The SMILES string of the molecule is C=C(N=C(OC)c1cnn(CC)c1COc1ccc(C(F)F)cn1)c1cncc(Cn2cnnn2)c1. The standard InChI is InChI=1S/C23H23F2N9O2/c1-4-34-20(13-36-21-6-5-17(10-27-21)22(24)25)19(11-29-34)23(35-3)30-15(2)18-7-16(8-26-9-18)12-33-14-28-31-32-33/h5-11,14,22H,2,4,12-13H2,1,3H3. The Hall–Kier alpha value is -4.55. The number of tetrazole rings is 1. The predicted molar refractivity (Wildman–Crippen MR) is 125 cm³/mol. The van der Waals surface area contributed by atoms with E-state index in [2.05, 4.69) is 42.2 Å². The lowest BCUT2D eigenvalue weighted by molar-refractivity contribution is 0.150. The molecule has 0 saturated carbocycles. The second-order valence-electron chi connectivity index (χ2n) is 7.50. The molecule has 4 rings (SSSR count). The molecule has 36 heavy (non-hydrogen) atoms. The number of halogens is 2. The van der Waals surface area contributed by atoms with Crippen molar-refractivity contribution in [1.29, 1.82) is 0 Å². The maximum Gasteiger partial charge on any atom is 0.265 e. The summed E-state index contributed by atoms with van der Waals surface area (Å²) in [5, 5.41) is 15.5. The third-order valence-corrected chi connectivity index (χ3v) is 5.14. The number of methoxy groups -OCH3 is 1. The Labute approximate surface area is 205 Å². The first-order valence-corrected chi connectivity index (χ1v) is 10.9. The minimum absolute atomic E-state index is 0.0715. The summed E-state index contributed by atoms with van der Waals surface area (Å²) in [5.74, 6) is 0.491. The third kappa shape index (κ3) is 5.74. The van der Waals surface area contributed by atoms with Crippen LogP contribution < -0.4 is 4.74 Å². The van der Waals surface area contributed by atoms with Gasteiger partial charge in [-0.25, -0.2) is 23.4 Å². The van der Waals surface area contributed by atoms with Crippen LogP contribution in [0.2, 0.25) is 0 Å². The van der Waals surface area contributed by atoms with Crippen LogP contribution in [0.1, 0.15) is 41.3 Å². The van der Waals surface area contributed by atoms with E-state index < -0.39 is 6.43 Å². The van der Waals surface area contributed by atoms with Crippen molar-refractivity contribution >= 4 is 11.6 Å². The van der Waals surface area contributed by atoms with Gasteiger partial charge >= 0.3 is 0 Å². The van der Waals surface area contributed by atoms with E-state index in [-0.39, 0.29) is 23.9 Å². The van der Waals surface area contributed by atoms with Crippen molar-refractivity contribution in [2.24, 2.45) is 4.99 Å². The number of ether oxygens (including phenoxy) is 2. The fourth-order valence-electron chi connectivity index (χ4n) is 3.34. The number of nitrogens with zero attached hydrogens (tertiary/aromatic N) is 9. The normalized spacial score (nSPS) is 11.6. The Morgan fingerprint density at radius 1 is 1.19 bits per heavy atom. The summed E-state index contributed by atoms with van der Waals surface area (Å²) in [6, 6.07) is 4.57. The predicted octanol–water partition coefficient (Wildman–Crippen LogP) is 3.31. The van der Waals surface area contributed by atoms with Crippen LogP contribution in [0.4, 0.5) is 8.78 Å². The smallest absolute Gasteiger partial charge is 0.265 e. The number of pyridine rings is 2. The van der Waals surface area contributed by atoms with Gasteiger partial charge in [-0.3, -0.25) is 9.67 Å². The Morgan fingerprint density at radius 2 is 2.06 bits per heavy atom. The number of aromatic nitrogens is 8. The highest BCUT2D eigenvalue weighted by Gasteiger charge is 2.18. The number of aryl methyl sites for hydroxylation is 1. The number of alkyl halides is 2. The maximum atomic E-state index is 12.8. The fourth-order valence-corrected chi connectivity index (χ4v) is 3.34. The van der Waals surface area contributed by atoms with Gasteiger partial charge in [0.15, 0.2) is 0 Å². The van der Waals surface area contributed by atoms with Crippen LogP contribution in [0.3, 0.4) is 0 Å². The van der Waals surface area contributed by atoms with Gasteiger partial charge in [0, 0.05) is 42.3 Å². The zero-order valence-electron chi connectivity index (χ0n) is 19.6. The van der Waals surface area contributed by atoms with Crippen molar-refractivity contribution in [2.75, 3.05) is 7.11 Å². The second kappa shape index (κ2) is 11.3. The van der Waals surface area contributed by atoms with Gasteiger partial charge in [-0.05, 0) is 35.0 Å². The molecule has 0 aromatic carbocycles. The molecule has 4 aromatic heterocycles. The summed E-state index contributed by atoms with van der Waals surface area (Å²) in [6.45, 7) is 7.08. The van der Waals surface area contributed by atoms with E-state index in [1.54, 1.807) is 28.0 Å². The van der Waals surface area contributed by atoms with E-state index in [0.717, 1.165) is 11.8 Å². The van der Waals surface area contributed by atoms with Crippen LogP contribution in [-0.2, 0) is 24.4 Å². The topological polar surface area (TPSA) is 118 Å². The van der Waals surface area contributed by atoms with Crippen molar-refractivity contribution in [1.82, 2.24) is 40.0 Å². The van der Waals surface area contributed by atoms with Crippen LogP contribution >= 0.6 is 0 Å². The van der Waals surface area contributed by atoms with E-state index >= 15 is 0 Å². The number of rotatable bonds is 10. The van der Waals surface area contributed by atoms with Crippen LogP contribution in [-0.4, -0.2) is 53.0 Å². The highest BCUT2D eigenvalue weighted by atomic mass is 19.3.